The van der Waals surface area contributed by atoms with E-state index in [0.29, 0.717) is 26.3 Å². The Kier molecular flexibility index (Phi) is 4.50. The third kappa shape index (κ3) is 3.17. The fourth-order valence-corrected chi connectivity index (χ4v) is 4.22. The number of halogens is 1. The summed E-state index contributed by atoms with van der Waals surface area (Å²) >= 11 is 0. The standard InChI is InChI=1S/C18H24FN3O3/c19-14-4-3-7-20-16(14)25-13-18-6-11-24-15(18)5-10-22(12-18)17(23)21-8-1-2-9-21/h3-4,7,15H,1-2,5-6,8-13H2/t15-,18+/m1/s1. The second-order valence-electron chi connectivity index (χ2n) is 7.24. The third-order valence-electron chi connectivity index (χ3n) is 5.64. The Morgan fingerprint density at radius 1 is 1.36 bits per heavy atom. The lowest BCUT2D eigenvalue weighted by atomic mass is 9.77. The third-order valence-corrected chi connectivity index (χ3v) is 5.64. The second-order valence-corrected chi connectivity index (χ2v) is 7.24. The van der Waals surface area contributed by atoms with Gasteiger partial charge in [-0.2, -0.15) is 0 Å². The molecule has 0 saturated carbocycles. The van der Waals surface area contributed by atoms with Gasteiger partial charge in [-0.25, -0.2) is 14.2 Å². The van der Waals surface area contributed by atoms with Crippen LogP contribution in [0.4, 0.5) is 9.18 Å². The second kappa shape index (κ2) is 6.78. The first-order chi connectivity index (χ1) is 12.2. The molecule has 0 spiro atoms. The Hall–Kier alpha value is -1.89. The van der Waals surface area contributed by atoms with Crippen molar-refractivity contribution in [3.05, 3.63) is 24.1 Å². The molecule has 0 aliphatic carbocycles. The summed E-state index contributed by atoms with van der Waals surface area (Å²) in [6, 6.07) is 3.00. The van der Waals surface area contributed by atoms with E-state index in [-0.39, 0.29) is 23.4 Å². The molecule has 0 bridgehead atoms. The number of ether oxygens (including phenoxy) is 2. The van der Waals surface area contributed by atoms with Crippen LogP contribution in [0, 0.1) is 11.2 Å². The molecule has 136 valence electrons. The van der Waals surface area contributed by atoms with Crippen LogP contribution in [0.2, 0.25) is 0 Å². The van der Waals surface area contributed by atoms with Gasteiger partial charge in [0.15, 0.2) is 5.82 Å². The molecule has 3 aliphatic rings. The van der Waals surface area contributed by atoms with Crippen LogP contribution in [-0.4, -0.2) is 66.3 Å². The predicted molar refractivity (Wildman–Crippen MR) is 88.9 cm³/mol. The highest BCUT2D eigenvalue weighted by atomic mass is 19.1. The molecule has 0 N–H and O–H groups in total. The number of carbonyl (C=O) groups is 1. The van der Waals surface area contributed by atoms with Gasteiger partial charge in [-0.15, -0.1) is 0 Å². The molecule has 3 saturated heterocycles. The van der Waals surface area contributed by atoms with Crippen molar-refractivity contribution in [3.8, 4) is 5.88 Å². The fourth-order valence-electron chi connectivity index (χ4n) is 4.22. The highest BCUT2D eigenvalue weighted by Crippen LogP contribution is 2.41. The van der Waals surface area contributed by atoms with E-state index in [4.69, 9.17) is 9.47 Å². The number of hydrogen-bond donors (Lipinski definition) is 0. The summed E-state index contributed by atoms with van der Waals surface area (Å²) in [7, 11) is 0. The van der Waals surface area contributed by atoms with Crippen molar-refractivity contribution in [1.29, 1.82) is 0 Å². The van der Waals surface area contributed by atoms with Gasteiger partial charge in [0.25, 0.3) is 0 Å². The van der Waals surface area contributed by atoms with Gasteiger partial charge in [0.05, 0.1) is 18.1 Å². The summed E-state index contributed by atoms with van der Waals surface area (Å²) in [6.07, 6.45) is 5.35. The van der Waals surface area contributed by atoms with Gasteiger partial charge in [0, 0.05) is 39.0 Å². The van der Waals surface area contributed by atoms with Gasteiger partial charge in [0.2, 0.25) is 5.88 Å². The molecule has 4 rings (SSSR count). The highest BCUT2D eigenvalue weighted by Gasteiger charge is 2.50. The van der Waals surface area contributed by atoms with Crippen molar-refractivity contribution >= 4 is 6.03 Å². The number of amides is 2. The summed E-state index contributed by atoms with van der Waals surface area (Å²) in [6.45, 7) is 3.97. The lowest BCUT2D eigenvalue weighted by Gasteiger charge is -2.44. The molecular weight excluding hydrogens is 325 g/mol. The average molecular weight is 349 g/mol. The zero-order valence-electron chi connectivity index (χ0n) is 14.3. The SMILES string of the molecule is O=C(N1CCCC1)N1CC[C@H]2OCC[C@@]2(COc2ncccc2F)C1. The molecular formula is C18H24FN3O3. The van der Waals surface area contributed by atoms with Crippen LogP contribution in [0.5, 0.6) is 5.88 Å². The summed E-state index contributed by atoms with van der Waals surface area (Å²) < 4.78 is 25.4. The van der Waals surface area contributed by atoms with Gasteiger partial charge in [-0.3, -0.25) is 0 Å². The van der Waals surface area contributed by atoms with Crippen LogP contribution >= 0.6 is 0 Å². The number of piperidine rings is 1. The highest BCUT2D eigenvalue weighted by molar-refractivity contribution is 5.75. The normalized spacial score (nSPS) is 28.9. The lowest BCUT2D eigenvalue weighted by molar-refractivity contribution is -0.0321. The largest absolute Gasteiger partial charge is 0.475 e. The van der Waals surface area contributed by atoms with Crippen molar-refractivity contribution in [2.45, 2.75) is 31.8 Å². The van der Waals surface area contributed by atoms with E-state index in [1.54, 1.807) is 6.07 Å². The minimum absolute atomic E-state index is 0.0190. The molecule has 7 heteroatoms. The summed E-state index contributed by atoms with van der Waals surface area (Å²) in [4.78, 5) is 20.6. The number of rotatable bonds is 3. The van der Waals surface area contributed by atoms with Gasteiger partial charge in [-0.1, -0.05) is 0 Å². The Bertz CT molecular complexity index is 638. The maximum absolute atomic E-state index is 13.8. The van der Waals surface area contributed by atoms with E-state index in [0.717, 1.165) is 38.8 Å². The molecule has 25 heavy (non-hydrogen) atoms. The summed E-state index contributed by atoms with van der Waals surface area (Å²) in [5, 5.41) is 0. The quantitative estimate of drug-likeness (QED) is 0.840. The van der Waals surface area contributed by atoms with Crippen LogP contribution in [-0.2, 0) is 4.74 Å². The molecule has 3 aliphatic heterocycles. The van der Waals surface area contributed by atoms with Gasteiger partial charge >= 0.3 is 6.03 Å². The van der Waals surface area contributed by atoms with Crippen LogP contribution in [0.15, 0.2) is 18.3 Å². The molecule has 0 aromatic carbocycles. The number of hydrogen-bond acceptors (Lipinski definition) is 4. The molecule has 1 aromatic heterocycles. The van der Waals surface area contributed by atoms with Crippen molar-refractivity contribution in [2.75, 3.05) is 39.4 Å². The minimum atomic E-state index is -0.463. The maximum atomic E-state index is 13.8. The number of likely N-dealkylation sites (tertiary alicyclic amines) is 2. The zero-order valence-corrected chi connectivity index (χ0v) is 14.3. The number of aromatic nitrogens is 1. The van der Waals surface area contributed by atoms with Crippen molar-refractivity contribution in [2.24, 2.45) is 5.41 Å². The lowest BCUT2D eigenvalue weighted by Crippen LogP contribution is -2.56. The van der Waals surface area contributed by atoms with E-state index in [2.05, 4.69) is 4.98 Å². The molecule has 2 atom stereocenters. The van der Waals surface area contributed by atoms with Crippen LogP contribution in [0.1, 0.15) is 25.7 Å². The van der Waals surface area contributed by atoms with Crippen molar-refractivity contribution in [1.82, 2.24) is 14.8 Å². The van der Waals surface area contributed by atoms with E-state index < -0.39 is 5.82 Å². The van der Waals surface area contributed by atoms with Crippen LogP contribution in [0.3, 0.4) is 0 Å². The summed E-state index contributed by atoms with van der Waals surface area (Å²) in [5.41, 5.74) is -0.280. The monoisotopic (exact) mass is 349 g/mol. The smallest absolute Gasteiger partial charge is 0.320 e. The van der Waals surface area contributed by atoms with Gasteiger partial charge in [-0.05, 0) is 37.8 Å². The van der Waals surface area contributed by atoms with Crippen molar-refractivity contribution in [3.63, 3.8) is 0 Å². The Morgan fingerprint density at radius 3 is 3.00 bits per heavy atom. The van der Waals surface area contributed by atoms with E-state index >= 15 is 0 Å². The molecule has 6 nitrogen and oxygen atoms in total. The molecule has 0 radical (unpaired) electrons. The van der Waals surface area contributed by atoms with Crippen LogP contribution < -0.4 is 4.74 Å². The first kappa shape index (κ1) is 16.6. The topological polar surface area (TPSA) is 54.9 Å². The maximum Gasteiger partial charge on any atom is 0.320 e. The summed E-state index contributed by atoms with van der Waals surface area (Å²) in [5.74, 6) is -0.444. The first-order valence-electron chi connectivity index (χ1n) is 9.07. The molecule has 3 fully saturated rings. The molecule has 1 aromatic rings. The fraction of sp³-hybridized carbons (Fsp3) is 0.667. The predicted octanol–water partition coefficient (Wildman–Crippen LogP) is 2.30. The molecule has 2 amide bonds. The first-order valence-corrected chi connectivity index (χ1v) is 9.07. The minimum Gasteiger partial charge on any atom is -0.475 e. The Morgan fingerprint density at radius 2 is 2.20 bits per heavy atom. The average Bonchev–Trinajstić information content (AvgIpc) is 3.30. The van der Waals surface area contributed by atoms with E-state index in [1.165, 1.54) is 12.3 Å². The van der Waals surface area contributed by atoms with E-state index in [1.807, 2.05) is 9.80 Å². The number of fused-ring (bicyclic) bond motifs is 1. The number of carbonyl (C=O) groups excluding carboxylic acids is 1. The number of urea groups is 1. The van der Waals surface area contributed by atoms with Crippen molar-refractivity contribution < 1.29 is 18.7 Å². The molecule has 0 unspecified atom stereocenters. The van der Waals surface area contributed by atoms with Gasteiger partial charge < -0.3 is 19.3 Å². The van der Waals surface area contributed by atoms with E-state index in [9.17, 15) is 9.18 Å². The Balaban J connectivity index is 1.47. The van der Waals surface area contributed by atoms with Crippen LogP contribution in [0.25, 0.3) is 0 Å². The zero-order chi connectivity index (χ0) is 17.3. The number of nitrogens with zero attached hydrogens (tertiary/aromatic N) is 3. The molecule has 4 heterocycles. The Labute approximate surface area is 146 Å². The van der Waals surface area contributed by atoms with Gasteiger partial charge in [0.1, 0.15) is 0 Å². The number of pyridine rings is 1.